The van der Waals surface area contributed by atoms with E-state index in [0.717, 1.165) is 32.1 Å². The minimum absolute atomic E-state index is 0.0121. The van der Waals surface area contributed by atoms with E-state index in [4.69, 9.17) is 4.74 Å². The summed E-state index contributed by atoms with van der Waals surface area (Å²) in [5, 5.41) is 40.2. The van der Waals surface area contributed by atoms with Gasteiger partial charge in [-0.3, -0.25) is 0 Å². The van der Waals surface area contributed by atoms with Crippen molar-refractivity contribution in [2.75, 3.05) is 19.8 Å². The SMILES string of the molecule is C[C@@H]1CCC2[C@](C)(CO)[C@@H](O)CC[C@]2(C)[C@]12CCC(CO)(CCO)O2. The number of fused-ring (bicyclic) bond motifs is 2. The summed E-state index contributed by atoms with van der Waals surface area (Å²) in [4.78, 5) is 0. The van der Waals surface area contributed by atoms with Crippen LogP contribution < -0.4 is 0 Å². The number of hydrogen-bond acceptors (Lipinski definition) is 5. The monoisotopic (exact) mass is 356 g/mol. The fourth-order valence-electron chi connectivity index (χ4n) is 6.70. The van der Waals surface area contributed by atoms with Crippen molar-refractivity contribution in [3.8, 4) is 0 Å². The van der Waals surface area contributed by atoms with Gasteiger partial charge < -0.3 is 25.2 Å². The topological polar surface area (TPSA) is 90.2 Å². The normalized spacial score (nSPS) is 53.2. The summed E-state index contributed by atoms with van der Waals surface area (Å²) in [6, 6.07) is 0. The van der Waals surface area contributed by atoms with Crippen LogP contribution in [0.5, 0.6) is 0 Å². The Morgan fingerprint density at radius 1 is 0.960 bits per heavy atom. The standard InChI is InChI=1S/C20H36O5/c1-14-4-5-15-17(2,12-22)16(24)6-7-18(15,3)20(14)9-8-19(13-23,25-20)10-11-21/h14-16,21-24H,4-13H2,1-3H3/t14-,15?,16+,17+,18+,19?,20+/m1/s1. The molecular weight excluding hydrogens is 320 g/mol. The van der Waals surface area contributed by atoms with Crippen LogP contribution in [0, 0.1) is 22.7 Å². The molecule has 0 amide bonds. The molecule has 3 rings (SSSR count). The first-order valence-corrected chi connectivity index (χ1v) is 9.94. The molecule has 25 heavy (non-hydrogen) atoms. The second kappa shape index (κ2) is 6.45. The number of aliphatic hydroxyl groups is 4. The average molecular weight is 357 g/mol. The van der Waals surface area contributed by atoms with Gasteiger partial charge >= 0.3 is 0 Å². The molecule has 1 heterocycles. The Labute approximate surface area is 151 Å². The van der Waals surface area contributed by atoms with Gasteiger partial charge in [-0.1, -0.05) is 20.8 Å². The van der Waals surface area contributed by atoms with Crippen molar-refractivity contribution in [3.63, 3.8) is 0 Å². The van der Waals surface area contributed by atoms with Gasteiger partial charge in [0.1, 0.15) is 0 Å². The van der Waals surface area contributed by atoms with Crippen molar-refractivity contribution in [1.29, 1.82) is 0 Å². The molecule has 146 valence electrons. The minimum Gasteiger partial charge on any atom is -0.396 e. The first kappa shape index (κ1) is 19.6. The van der Waals surface area contributed by atoms with Crippen LogP contribution in [0.3, 0.4) is 0 Å². The Hall–Kier alpha value is -0.200. The van der Waals surface area contributed by atoms with Gasteiger partial charge in [-0.05, 0) is 50.4 Å². The van der Waals surface area contributed by atoms with Gasteiger partial charge in [-0.15, -0.1) is 0 Å². The van der Waals surface area contributed by atoms with E-state index in [9.17, 15) is 20.4 Å². The smallest absolute Gasteiger partial charge is 0.0942 e. The van der Waals surface area contributed by atoms with E-state index < -0.39 is 17.1 Å². The van der Waals surface area contributed by atoms with E-state index in [1.807, 2.05) is 6.92 Å². The first-order chi connectivity index (χ1) is 11.7. The quantitative estimate of drug-likeness (QED) is 0.617. The lowest BCUT2D eigenvalue weighted by atomic mass is 9.43. The number of ether oxygens (including phenoxy) is 1. The molecule has 3 fully saturated rings. The van der Waals surface area contributed by atoms with E-state index >= 15 is 0 Å². The third-order valence-corrected chi connectivity index (χ3v) is 8.46. The van der Waals surface area contributed by atoms with Gasteiger partial charge in [0.25, 0.3) is 0 Å². The Morgan fingerprint density at radius 3 is 2.28 bits per heavy atom. The van der Waals surface area contributed by atoms with Gasteiger partial charge in [0.15, 0.2) is 0 Å². The lowest BCUT2D eigenvalue weighted by molar-refractivity contribution is -0.272. The summed E-state index contributed by atoms with van der Waals surface area (Å²) < 4.78 is 6.75. The van der Waals surface area contributed by atoms with Crippen molar-refractivity contribution >= 4 is 0 Å². The Bertz CT molecular complexity index is 498. The van der Waals surface area contributed by atoms with Crippen LogP contribution in [0.2, 0.25) is 0 Å². The van der Waals surface area contributed by atoms with Crippen LogP contribution in [0.1, 0.15) is 65.7 Å². The average Bonchev–Trinajstić information content (AvgIpc) is 2.99. The summed E-state index contributed by atoms with van der Waals surface area (Å²) in [5.41, 5.74) is -1.66. The molecule has 4 N–H and O–H groups in total. The molecule has 0 aromatic carbocycles. The molecule has 3 aliphatic rings. The fraction of sp³-hybridized carbons (Fsp3) is 1.00. The van der Waals surface area contributed by atoms with E-state index in [-0.39, 0.29) is 36.8 Å². The predicted molar refractivity (Wildman–Crippen MR) is 95.0 cm³/mol. The molecule has 0 bridgehead atoms. The summed E-state index contributed by atoms with van der Waals surface area (Å²) >= 11 is 0. The fourth-order valence-corrected chi connectivity index (χ4v) is 6.70. The first-order valence-electron chi connectivity index (χ1n) is 9.94. The van der Waals surface area contributed by atoms with Gasteiger partial charge in [0.05, 0.1) is 30.5 Å². The van der Waals surface area contributed by atoms with Crippen molar-refractivity contribution in [1.82, 2.24) is 0 Å². The Balaban J connectivity index is 2.02. The molecule has 5 nitrogen and oxygen atoms in total. The zero-order valence-corrected chi connectivity index (χ0v) is 16.0. The van der Waals surface area contributed by atoms with E-state index in [0.29, 0.717) is 18.8 Å². The molecule has 2 aliphatic carbocycles. The van der Waals surface area contributed by atoms with Gasteiger partial charge in [0.2, 0.25) is 0 Å². The maximum absolute atomic E-state index is 10.6. The molecular formula is C20H36O5. The maximum Gasteiger partial charge on any atom is 0.0942 e. The third kappa shape index (κ3) is 2.53. The third-order valence-electron chi connectivity index (χ3n) is 8.46. The van der Waals surface area contributed by atoms with Crippen molar-refractivity contribution < 1.29 is 25.2 Å². The Kier molecular flexibility index (Phi) is 5.05. The summed E-state index contributed by atoms with van der Waals surface area (Å²) in [6.45, 7) is 6.47. The molecule has 2 unspecified atom stereocenters. The van der Waals surface area contributed by atoms with Crippen LogP contribution in [-0.4, -0.2) is 57.6 Å². The van der Waals surface area contributed by atoms with Gasteiger partial charge in [-0.25, -0.2) is 0 Å². The number of rotatable bonds is 4. The molecule has 5 heteroatoms. The lowest BCUT2D eigenvalue weighted by Gasteiger charge is -2.65. The molecule has 1 aliphatic heterocycles. The minimum atomic E-state index is -0.653. The van der Waals surface area contributed by atoms with Crippen LogP contribution in [0.4, 0.5) is 0 Å². The van der Waals surface area contributed by atoms with Crippen LogP contribution in [0.25, 0.3) is 0 Å². The van der Waals surface area contributed by atoms with Crippen molar-refractivity contribution in [2.24, 2.45) is 22.7 Å². The maximum atomic E-state index is 10.6. The van der Waals surface area contributed by atoms with E-state index in [1.165, 1.54) is 0 Å². The lowest BCUT2D eigenvalue weighted by Crippen LogP contribution is -2.66. The molecule has 0 aromatic rings. The highest BCUT2D eigenvalue weighted by molar-refractivity contribution is 5.17. The molecule has 7 atom stereocenters. The highest BCUT2D eigenvalue weighted by Crippen LogP contribution is 2.67. The highest BCUT2D eigenvalue weighted by atomic mass is 16.5. The predicted octanol–water partition coefficient (Wildman–Crippen LogP) is 1.85. The van der Waals surface area contributed by atoms with Crippen LogP contribution >= 0.6 is 0 Å². The summed E-state index contributed by atoms with van der Waals surface area (Å²) in [7, 11) is 0. The summed E-state index contributed by atoms with van der Waals surface area (Å²) in [5.74, 6) is 0.549. The zero-order valence-electron chi connectivity index (χ0n) is 16.0. The number of hydrogen-bond donors (Lipinski definition) is 4. The molecule has 0 radical (unpaired) electrons. The summed E-state index contributed by atoms with van der Waals surface area (Å²) in [6.07, 6.45) is 5.15. The van der Waals surface area contributed by atoms with Gasteiger partial charge in [-0.2, -0.15) is 0 Å². The largest absolute Gasteiger partial charge is 0.396 e. The van der Waals surface area contributed by atoms with Crippen molar-refractivity contribution in [2.45, 2.75) is 83.0 Å². The van der Waals surface area contributed by atoms with Crippen LogP contribution in [0.15, 0.2) is 0 Å². The molecule has 1 saturated heterocycles. The van der Waals surface area contributed by atoms with Crippen molar-refractivity contribution in [3.05, 3.63) is 0 Å². The van der Waals surface area contributed by atoms with Crippen LogP contribution in [-0.2, 0) is 4.74 Å². The van der Waals surface area contributed by atoms with E-state index in [2.05, 4.69) is 13.8 Å². The second-order valence-electron chi connectivity index (χ2n) is 9.47. The van der Waals surface area contributed by atoms with Gasteiger partial charge in [0, 0.05) is 23.9 Å². The molecule has 1 spiro atoms. The second-order valence-corrected chi connectivity index (χ2v) is 9.47. The Morgan fingerprint density at radius 2 is 1.68 bits per heavy atom. The molecule has 2 saturated carbocycles. The zero-order chi connectivity index (χ0) is 18.5. The van der Waals surface area contributed by atoms with E-state index in [1.54, 1.807) is 0 Å². The molecule has 0 aromatic heterocycles. The highest BCUT2D eigenvalue weighted by Gasteiger charge is 2.68. The number of aliphatic hydroxyl groups excluding tert-OH is 4.